The molecule has 0 radical (unpaired) electrons. The Kier molecular flexibility index (Phi) is 3.75. The number of hydrogen-bond donors (Lipinski definition) is 0. The fourth-order valence-corrected chi connectivity index (χ4v) is 2.17. The van der Waals surface area contributed by atoms with Crippen LogP contribution in [0.3, 0.4) is 0 Å². The summed E-state index contributed by atoms with van der Waals surface area (Å²) in [6, 6.07) is 0. The molecule has 0 bridgehead atoms. The maximum Gasteiger partial charge on any atom is 0.105 e. The maximum absolute atomic E-state index is 4.22. The second-order valence-electron chi connectivity index (χ2n) is 5.96. The van der Waals surface area contributed by atoms with E-state index in [9.17, 15) is 0 Å². The van der Waals surface area contributed by atoms with Gasteiger partial charge in [-0.25, -0.2) is 0 Å². The van der Waals surface area contributed by atoms with E-state index in [1.54, 1.807) is 0 Å². The Labute approximate surface area is 106 Å². The summed E-state index contributed by atoms with van der Waals surface area (Å²) in [4.78, 5) is 4.50. The van der Waals surface area contributed by atoms with Crippen molar-refractivity contribution in [1.82, 2.24) is 9.80 Å². The lowest BCUT2D eigenvalue weighted by Gasteiger charge is -2.44. The highest BCUT2D eigenvalue weighted by Gasteiger charge is 2.28. The van der Waals surface area contributed by atoms with Crippen LogP contribution in [0.4, 0.5) is 0 Å². The highest BCUT2D eigenvalue weighted by Crippen LogP contribution is 2.34. The van der Waals surface area contributed by atoms with Crippen LogP contribution in [0.25, 0.3) is 0 Å². The topological polar surface area (TPSA) is 6.48 Å². The Morgan fingerprint density at radius 1 is 1.06 bits per heavy atom. The van der Waals surface area contributed by atoms with Gasteiger partial charge in [-0.3, -0.25) is 0 Å². The van der Waals surface area contributed by atoms with Gasteiger partial charge in [-0.1, -0.05) is 33.9 Å². The van der Waals surface area contributed by atoms with Crippen LogP contribution in [0.2, 0.25) is 0 Å². The Balaban J connectivity index is 3.12. The van der Waals surface area contributed by atoms with Crippen molar-refractivity contribution in [1.29, 1.82) is 0 Å². The molecular weight excluding hydrogens is 208 g/mol. The SMILES string of the molecule is C=C1C(C)=C(C)N(CC(C)(C)C)C(=C)N1CC. The molecule has 1 heterocycles. The fourth-order valence-electron chi connectivity index (χ4n) is 2.17. The predicted octanol–water partition coefficient (Wildman–Crippen LogP) is 3.95. The van der Waals surface area contributed by atoms with Gasteiger partial charge < -0.3 is 9.80 Å². The third-order valence-corrected chi connectivity index (χ3v) is 3.28. The molecule has 0 unspecified atom stereocenters. The van der Waals surface area contributed by atoms with Gasteiger partial charge in [-0.05, 0) is 31.8 Å². The van der Waals surface area contributed by atoms with Gasteiger partial charge in [-0.15, -0.1) is 0 Å². The summed E-state index contributed by atoms with van der Waals surface area (Å²) in [6.07, 6.45) is 0. The lowest BCUT2D eigenvalue weighted by molar-refractivity contribution is 0.209. The first kappa shape index (κ1) is 13.9. The third kappa shape index (κ3) is 2.74. The van der Waals surface area contributed by atoms with Crippen LogP contribution in [-0.4, -0.2) is 22.9 Å². The number of likely N-dealkylation sites (N-methyl/N-ethyl adjacent to an activating group) is 1. The van der Waals surface area contributed by atoms with Crippen molar-refractivity contribution < 1.29 is 0 Å². The minimum Gasteiger partial charge on any atom is -0.331 e. The molecule has 0 fully saturated rings. The maximum atomic E-state index is 4.22. The van der Waals surface area contributed by atoms with Crippen LogP contribution in [0, 0.1) is 5.41 Å². The largest absolute Gasteiger partial charge is 0.331 e. The standard InChI is InChI=1S/C15H26N2/c1-9-16-12(3)11(2)13(4)17(14(16)5)10-15(6,7)8/h3,5,9-10H2,1-2,4,6-8H3. The Morgan fingerprint density at radius 2 is 1.59 bits per heavy atom. The molecule has 0 aliphatic carbocycles. The molecule has 0 atom stereocenters. The van der Waals surface area contributed by atoms with Gasteiger partial charge >= 0.3 is 0 Å². The van der Waals surface area contributed by atoms with E-state index < -0.39 is 0 Å². The molecule has 1 aliphatic heterocycles. The summed E-state index contributed by atoms with van der Waals surface area (Å²) < 4.78 is 0. The highest BCUT2D eigenvalue weighted by atomic mass is 15.4. The molecule has 0 aromatic carbocycles. The van der Waals surface area contributed by atoms with E-state index >= 15 is 0 Å². The molecule has 0 aromatic rings. The molecule has 0 saturated carbocycles. The van der Waals surface area contributed by atoms with Gasteiger partial charge in [0.25, 0.3) is 0 Å². The van der Waals surface area contributed by atoms with Crippen LogP contribution < -0.4 is 0 Å². The van der Waals surface area contributed by atoms with Gasteiger partial charge in [0.15, 0.2) is 0 Å². The molecule has 0 aromatic heterocycles. The first-order valence-electron chi connectivity index (χ1n) is 6.29. The summed E-state index contributed by atoms with van der Waals surface area (Å²) in [6.45, 7) is 23.5. The van der Waals surface area contributed by atoms with Crippen molar-refractivity contribution >= 4 is 0 Å². The summed E-state index contributed by atoms with van der Waals surface area (Å²) in [7, 11) is 0. The highest BCUT2D eigenvalue weighted by molar-refractivity contribution is 5.37. The first-order valence-corrected chi connectivity index (χ1v) is 6.29. The first-order chi connectivity index (χ1) is 7.69. The molecule has 2 nitrogen and oxygen atoms in total. The van der Waals surface area contributed by atoms with E-state index in [0.29, 0.717) is 0 Å². The van der Waals surface area contributed by atoms with Crippen molar-refractivity contribution in [3.63, 3.8) is 0 Å². The minimum absolute atomic E-state index is 0.253. The van der Waals surface area contributed by atoms with E-state index in [1.165, 1.54) is 11.3 Å². The zero-order chi connectivity index (χ0) is 13.4. The summed E-state index contributed by atoms with van der Waals surface area (Å²) in [5, 5.41) is 0. The van der Waals surface area contributed by atoms with Crippen molar-refractivity contribution in [2.75, 3.05) is 13.1 Å². The number of rotatable bonds is 2. The molecule has 0 N–H and O–H groups in total. The van der Waals surface area contributed by atoms with Crippen molar-refractivity contribution in [3.8, 4) is 0 Å². The number of nitrogens with zero attached hydrogens (tertiary/aromatic N) is 2. The Hall–Kier alpha value is -1.18. The van der Waals surface area contributed by atoms with Crippen LogP contribution in [0.1, 0.15) is 41.5 Å². The van der Waals surface area contributed by atoms with Crippen molar-refractivity contribution in [2.45, 2.75) is 41.5 Å². The lowest BCUT2D eigenvalue weighted by Crippen LogP contribution is -2.41. The van der Waals surface area contributed by atoms with Gasteiger partial charge in [0.05, 0.1) is 0 Å². The molecule has 96 valence electrons. The molecule has 0 spiro atoms. The van der Waals surface area contributed by atoms with Crippen LogP contribution in [0.15, 0.2) is 35.9 Å². The zero-order valence-corrected chi connectivity index (χ0v) is 12.2. The van der Waals surface area contributed by atoms with Gasteiger partial charge in [0.1, 0.15) is 5.82 Å². The molecule has 0 saturated heterocycles. The molecular formula is C15H26N2. The number of hydrogen-bond acceptors (Lipinski definition) is 2. The monoisotopic (exact) mass is 234 g/mol. The van der Waals surface area contributed by atoms with Crippen LogP contribution in [0.5, 0.6) is 0 Å². The Morgan fingerprint density at radius 3 is 2.00 bits per heavy atom. The van der Waals surface area contributed by atoms with Crippen molar-refractivity contribution in [2.24, 2.45) is 5.41 Å². The quantitative estimate of drug-likeness (QED) is 0.714. The number of allylic oxidation sites excluding steroid dienone is 2. The third-order valence-electron chi connectivity index (χ3n) is 3.28. The molecule has 1 rings (SSSR count). The zero-order valence-electron chi connectivity index (χ0n) is 12.2. The van der Waals surface area contributed by atoms with E-state index in [1.807, 2.05) is 0 Å². The summed E-state index contributed by atoms with van der Waals surface area (Å²) in [5.41, 5.74) is 3.88. The minimum atomic E-state index is 0.253. The van der Waals surface area contributed by atoms with E-state index in [0.717, 1.165) is 24.6 Å². The predicted molar refractivity (Wildman–Crippen MR) is 75.2 cm³/mol. The van der Waals surface area contributed by atoms with Crippen LogP contribution >= 0.6 is 0 Å². The van der Waals surface area contributed by atoms with Crippen LogP contribution in [-0.2, 0) is 0 Å². The van der Waals surface area contributed by atoms with Gasteiger partial charge in [0.2, 0.25) is 0 Å². The van der Waals surface area contributed by atoms with Gasteiger partial charge in [0, 0.05) is 24.5 Å². The molecule has 2 heteroatoms. The average Bonchev–Trinajstić information content (AvgIpc) is 2.21. The second-order valence-corrected chi connectivity index (χ2v) is 5.96. The summed E-state index contributed by atoms with van der Waals surface area (Å²) >= 11 is 0. The van der Waals surface area contributed by atoms with E-state index in [4.69, 9.17) is 0 Å². The van der Waals surface area contributed by atoms with E-state index in [2.05, 4.69) is 64.5 Å². The van der Waals surface area contributed by atoms with Gasteiger partial charge in [-0.2, -0.15) is 0 Å². The van der Waals surface area contributed by atoms with E-state index in [-0.39, 0.29) is 5.41 Å². The summed E-state index contributed by atoms with van der Waals surface area (Å²) in [5.74, 6) is 1.05. The Bertz CT molecular complexity index is 369. The molecule has 17 heavy (non-hydrogen) atoms. The second kappa shape index (κ2) is 4.59. The van der Waals surface area contributed by atoms with Crippen molar-refractivity contribution in [3.05, 3.63) is 35.9 Å². The smallest absolute Gasteiger partial charge is 0.105 e. The normalized spacial score (nSPS) is 18.2. The molecule has 1 aliphatic rings. The fraction of sp³-hybridized carbons (Fsp3) is 0.600. The average molecular weight is 234 g/mol. The molecule has 0 amide bonds. The lowest BCUT2D eigenvalue weighted by atomic mass is 9.94.